The molecule has 1 saturated heterocycles. The Morgan fingerprint density at radius 1 is 0.218 bits per heavy atom. The van der Waals surface area contributed by atoms with Crippen molar-refractivity contribution in [1.82, 2.24) is 18.3 Å². The average molecular weight is 1900 g/mol. The van der Waals surface area contributed by atoms with Crippen molar-refractivity contribution in [2.45, 2.75) is 114 Å². The molecule has 0 N–H and O–H groups in total. The smallest absolute Gasteiger partial charge is 0.399 e. The maximum absolute atomic E-state index is 6.44. The van der Waals surface area contributed by atoms with E-state index >= 15 is 0 Å². The molecule has 22 aromatic rings. The number of aromatic nitrogens is 4. The van der Waals surface area contributed by atoms with Crippen LogP contribution in [-0.2, 0) is 20.1 Å². The minimum Gasteiger partial charge on any atom is -0.399 e. The molecule has 142 heavy (non-hydrogen) atoms. The third kappa shape index (κ3) is 12.9. The van der Waals surface area contributed by atoms with Gasteiger partial charge >= 0.3 is 7.12 Å². The Labute approximate surface area is 838 Å². The van der Waals surface area contributed by atoms with Gasteiger partial charge in [-0.15, -0.1) is 0 Å². The Morgan fingerprint density at radius 3 is 0.845 bits per heavy atom. The van der Waals surface area contributed by atoms with Crippen LogP contribution < -0.4 is 5.46 Å². The highest BCUT2D eigenvalue weighted by Gasteiger charge is 2.64. The van der Waals surface area contributed by atoms with Crippen molar-refractivity contribution < 1.29 is 9.31 Å². The maximum atomic E-state index is 6.44. The van der Waals surface area contributed by atoms with Crippen LogP contribution in [0.5, 0.6) is 0 Å². The number of nitrogens with zero attached hydrogens (tertiary/aromatic N) is 4. The van der Waals surface area contributed by atoms with E-state index in [-0.39, 0.29) is 29.2 Å². The zero-order valence-corrected chi connectivity index (χ0v) is 82.1. The molecule has 10 aliphatic carbocycles. The monoisotopic (exact) mass is 1890 g/mol. The van der Waals surface area contributed by atoms with E-state index in [0.29, 0.717) is 0 Å². The van der Waals surface area contributed by atoms with Crippen molar-refractivity contribution in [3.8, 4) is 101 Å². The van der Waals surface area contributed by atoms with Gasteiger partial charge in [0.1, 0.15) is 0 Å². The van der Waals surface area contributed by atoms with Crippen molar-refractivity contribution in [3.05, 3.63) is 439 Å². The molecule has 0 radical (unpaired) electrons. The molecule has 8 saturated carbocycles. The first kappa shape index (κ1) is 84.5. The molecule has 1 aliphatic heterocycles. The molecule has 8 heteroatoms. The number of hydrogen-bond donors (Lipinski definition) is 0. The Morgan fingerprint density at radius 2 is 0.479 bits per heavy atom. The summed E-state index contributed by atoms with van der Waals surface area (Å²) in [6.07, 6.45) is 14.3. The van der Waals surface area contributed by atoms with Crippen molar-refractivity contribution in [2.75, 3.05) is 0 Å². The van der Waals surface area contributed by atoms with Crippen LogP contribution in [0.4, 0.5) is 0 Å². The van der Waals surface area contributed by atoms with Crippen molar-refractivity contribution >= 4 is 116 Å². The number of fused-ring (bicyclic) bond motifs is 18. The second-order valence-electron chi connectivity index (χ2n) is 43.8. The maximum Gasteiger partial charge on any atom is 0.494 e. The van der Waals surface area contributed by atoms with Crippen LogP contribution in [0.3, 0.4) is 0 Å². The van der Waals surface area contributed by atoms with Gasteiger partial charge in [0.05, 0.1) is 55.3 Å². The largest absolute Gasteiger partial charge is 0.494 e. The van der Waals surface area contributed by atoms with Gasteiger partial charge in [0, 0.05) is 81.1 Å². The lowest BCUT2D eigenvalue weighted by Gasteiger charge is -2.61. The van der Waals surface area contributed by atoms with E-state index in [1.165, 1.54) is 252 Å². The molecule has 2 spiro atoms. The highest BCUT2D eigenvalue weighted by molar-refractivity contribution is 9.10. The van der Waals surface area contributed by atoms with Crippen LogP contribution >= 0.6 is 15.9 Å². The van der Waals surface area contributed by atoms with Gasteiger partial charge in [-0.05, 0) is 378 Å². The standard InChI is InChI=1S/C64H48N2.C46H44BNO2.C24H16BrN/c1-2-10-42(11-3-1)43-18-25-50(26-19-43)65-60-16-8-5-13-54(60)56-37-45(23-30-62(56)65)46-24-31-63-57(38-46)55-14-6-9-17-61(55)66(63)51-27-20-44(21-28-51)47-22-29-53-52-12-4-7-15-58(52)64(59(53)39-47)48-33-40-32-41(35-48)36-49(64)34-40;1-44(2)45(3,4)50-47(49-44)34-16-20-43-39(27-34)38-10-6-8-12-42(38)48(43)35-17-13-30(14-18-35)31-15-19-37-36-9-5-7-11-40(36)46(41(37)26-31)32-22-28-21-29(24-32)25-33(46)23-28;25-19-12-15-24-22(16-19)21-8-4-5-9-23(21)26(24)20-13-10-18(11-14-20)17-6-2-1-3-7-17/h1-31,37-41,48-49H,32-36H2;5-20,26-29,32-33H,21-25H2,1-4H3;1-16H. The first-order valence-electron chi connectivity index (χ1n) is 51.9. The van der Waals surface area contributed by atoms with Gasteiger partial charge in [-0.25, -0.2) is 0 Å². The summed E-state index contributed by atoms with van der Waals surface area (Å²) in [5, 5.41) is 10.1. The van der Waals surface area contributed by atoms with E-state index in [0.717, 1.165) is 57.3 Å². The zero-order chi connectivity index (χ0) is 94.2. The van der Waals surface area contributed by atoms with Crippen LogP contribution in [-0.4, -0.2) is 36.6 Å². The fraction of sp³-hybridized carbons (Fsp3) is 0.194. The van der Waals surface area contributed by atoms with Gasteiger partial charge in [0.2, 0.25) is 0 Å². The predicted molar refractivity (Wildman–Crippen MR) is 594 cm³/mol. The summed E-state index contributed by atoms with van der Waals surface area (Å²) in [7, 11) is -0.385. The summed E-state index contributed by atoms with van der Waals surface area (Å²) in [6.45, 7) is 8.46. The number of hydrogen-bond acceptors (Lipinski definition) is 2. The molecule has 5 heterocycles. The van der Waals surface area contributed by atoms with Crippen LogP contribution in [0, 0.1) is 47.3 Å². The first-order valence-corrected chi connectivity index (χ1v) is 52.7. The van der Waals surface area contributed by atoms with Crippen molar-refractivity contribution in [1.29, 1.82) is 0 Å². The highest BCUT2D eigenvalue weighted by atomic mass is 79.9. The first-order chi connectivity index (χ1) is 69.7. The number of para-hydroxylation sites is 4. The summed E-state index contributed by atoms with van der Waals surface area (Å²) >= 11 is 3.61. The molecule has 686 valence electrons. The molecule has 9 fully saturated rings. The molecule has 0 atom stereocenters. The van der Waals surface area contributed by atoms with Crippen molar-refractivity contribution in [3.63, 3.8) is 0 Å². The Balaban J connectivity index is 0.000000111. The fourth-order valence-corrected chi connectivity index (χ4v) is 30.0. The zero-order valence-electron chi connectivity index (χ0n) is 80.5. The second kappa shape index (κ2) is 32.3. The normalized spacial score (nSPS) is 21.9. The molecule has 6 nitrogen and oxygen atoms in total. The van der Waals surface area contributed by atoms with E-state index in [1.807, 2.05) is 6.07 Å². The number of rotatable bonds is 10. The summed E-state index contributed by atoms with van der Waals surface area (Å²) in [4.78, 5) is 0. The lowest BCUT2D eigenvalue weighted by atomic mass is 9.43. The molecular formula is C134H108BBrN4O2. The Bertz CT molecular complexity index is 8810. The van der Waals surface area contributed by atoms with Gasteiger partial charge in [-0.1, -0.05) is 295 Å². The number of halogens is 1. The van der Waals surface area contributed by atoms with E-state index < -0.39 is 0 Å². The third-order valence-electron chi connectivity index (χ3n) is 36.0. The van der Waals surface area contributed by atoms with Gasteiger partial charge < -0.3 is 27.6 Å². The van der Waals surface area contributed by atoms with Gasteiger partial charge in [-0.3, -0.25) is 0 Å². The molecule has 18 aromatic carbocycles. The summed E-state index contributed by atoms with van der Waals surface area (Å²) < 4.78 is 23.6. The third-order valence-corrected chi connectivity index (χ3v) is 36.5. The van der Waals surface area contributed by atoms with Gasteiger partial charge in [0.25, 0.3) is 0 Å². The van der Waals surface area contributed by atoms with E-state index in [1.54, 1.807) is 22.3 Å². The van der Waals surface area contributed by atoms with Crippen LogP contribution in [0.2, 0.25) is 0 Å². The summed E-state index contributed by atoms with van der Waals surface area (Å²) in [5.74, 6) is 6.87. The highest BCUT2D eigenvalue weighted by Crippen LogP contribution is 2.72. The molecule has 33 rings (SSSR count). The van der Waals surface area contributed by atoms with E-state index in [4.69, 9.17) is 9.31 Å². The van der Waals surface area contributed by atoms with E-state index in [9.17, 15) is 0 Å². The van der Waals surface area contributed by atoms with Crippen LogP contribution in [0.15, 0.2) is 417 Å². The summed E-state index contributed by atoms with van der Waals surface area (Å²) in [5.41, 5.74) is 40.2. The van der Waals surface area contributed by atoms with Crippen molar-refractivity contribution in [2.24, 2.45) is 47.3 Å². The lowest BCUT2D eigenvalue weighted by molar-refractivity contribution is -0.0399. The fourth-order valence-electron chi connectivity index (χ4n) is 29.6. The average Bonchev–Trinajstić information content (AvgIpc) is 1.50. The number of benzene rings is 18. The molecule has 0 unspecified atom stereocenters. The second-order valence-corrected chi connectivity index (χ2v) is 44.7. The molecule has 0 amide bonds. The minimum absolute atomic E-state index is 0.178. The quantitative estimate of drug-likeness (QED) is 0.128. The van der Waals surface area contributed by atoms with Gasteiger partial charge in [-0.2, -0.15) is 0 Å². The van der Waals surface area contributed by atoms with Crippen LogP contribution in [0.25, 0.3) is 188 Å². The van der Waals surface area contributed by atoms with Crippen LogP contribution in [0.1, 0.15) is 114 Å². The topological polar surface area (TPSA) is 38.2 Å². The molecule has 4 aromatic heterocycles. The summed E-state index contributed by atoms with van der Waals surface area (Å²) in [6, 6.07) is 154. The molecular weight excluding hydrogens is 1790 g/mol. The minimum atomic E-state index is -0.385. The predicted octanol–water partition coefficient (Wildman–Crippen LogP) is 34.3. The molecule has 11 aliphatic rings. The van der Waals surface area contributed by atoms with E-state index in [2.05, 4.69) is 468 Å². The van der Waals surface area contributed by atoms with Gasteiger partial charge in [0.15, 0.2) is 0 Å². The Kier molecular flexibility index (Phi) is 19.2. The lowest BCUT2D eigenvalue weighted by Crippen LogP contribution is -2.55. The molecule has 8 bridgehead atoms. The SMILES string of the molecule is Brc1ccc2c(c1)c1ccccc1n2-c1ccc(-c2ccccc2)cc1.CC1(C)OB(c2ccc3c(c2)c2ccccc2n3-c2ccc(-c3ccc4c(c3)C3(c5ccccc5-4)C4CC5CC(C4)CC3C5)cc2)OC1(C)C.c1ccc(-c2ccc(-n3c4ccccc4c4cc(-c5ccc6c(c5)c5ccccc5n6-c5ccc(-c6ccc7c(c6)C6(c8ccccc8-7)C7CC8CC(C7)CC6C8)cc5)ccc43)cc2)cc1. The Hall–Kier alpha value is -14.4.